The maximum absolute atomic E-state index is 12.0. The maximum atomic E-state index is 12.0. The second-order valence-electron chi connectivity index (χ2n) is 6.05. The van der Waals surface area contributed by atoms with E-state index in [4.69, 9.17) is 4.74 Å². The molecule has 2 heterocycles. The Bertz CT molecular complexity index is 513. The van der Waals surface area contributed by atoms with Crippen molar-refractivity contribution in [3.05, 3.63) is 6.20 Å². The number of nitrogens with zero attached hydrogens (tertiary/aromatic N) is 4. The van der Waals surface area contributed by atoms with Crippen LogP contribution in [0.5, 0.6) is 0 Å². The van der Waals surface area contributed by atoms with E-state index in [0.29, 0.717) is 43.0 Å². The summed E-state index contributed by atoms with van der Waals surface area (Å²) in [4.78, 5) is 24.9. The first-order chi connectivity index (χ1) is 10.5. The number of aromatic nitrogens is 2. The summed E-state index contributed by atoms with van der Waals surface area (Å²) in [6, 6.07) is 0. The molecule has 1 N–H and O–H groups in total. The number of rotatable bonds is 5. The molecule has 1 aromatic rings. The summed E-state index contributed by atoms with van der Waals surface area (Å²) in [7, 11) is 3.81. The third kappa shape index (κ3) is 4.30. The summed E-state index contributed by atoms with van der Waals surface area (Å²) in [5.74, 6) is 1.69. The molecule has 0 saturated carbocycles. The molecule has 0 spiro atoms. The lowest BCUT2D eigenvalue weighted by Gasteiger charge is -2.28. The van der Waals surface area contributed by atoms with Gasteiger partial charge in [-0.2, -0.15) is 4.98 Å². The second kappa shape index (κ2) is 7.40. The van der Waals surface area contributed by atoms with Crippen LogP contribution in [0.4, 0.5) is 17.5 Å². The lowest BCUT2D eigenvalue weighted by Crippen LogP contribution is -2.37. The fraction of sp³-hybridized carbons (Fsp3) is 0.667. The Hall–Kier alpha value is -1.89. The van der Waals surface area contributed by atoms with Gasteiger partial charge in [0.15, 0.2) is 5.82 Å². The molecule has 1 fully saturated rings. The van der Waals surface area contributed by atoms with Crippen LogP contribution in [0.2, 0.25) is 0 Å². The van der Waals surface area contributed by atoms with Gasteiger partial charge in [-0.3, -0.25) is 4.79 Å². The molecule has 122 valence electrons. The van der Waals surface area contributed by atoms with Crippen LogP contribution >= 0.6 is 0 Å². The molecule has 1 aliphatic rings. The maximum Gasteiger partial charge on any atom is 0.227 e. The van der Waals surface area contributed by atoms with Gasteiger partial charge in [0.05, 0.1) is 19.4 Å². The summed E-state index contributed by atoms with van der Waals surface area (Å²) < 4.78 is 5.35. The molecule has 7 nitrogen and oxygen atoms in total. The SMILES string of the molecule is CC(C)CC(=O)Nc1cnc(N2CCOCC2)nc1N(C)C. The molecule has 1 amide bonds. The number of ether oxygens (including phenoxy) is 1. The largest absolute Gasteiger partial charge is 0.378 e. The van der Waals surface area contributed by atoms with Crippen molar-refractivity contribution in [1.29, 1.82) is 0 Å². The predicted molar refractivity (Wildman–Crippen MR) is 87.5 cm³/mol. The highest BCUT2D eigenvalue weighted by atomic mass is 16.5. The van der Waals surface area contributed by atoms with E-state index in [1.54, 1.807) is 6.20 Å². The molecule has 0 unspecified atom stereocenters. The van der Waals surface area contributed by atoms with Crippen molar-refractivity contribution < 1.29 is 9.53 Å². The zero-order valence-corrected chi connectivity index (χ0v) is 13.8. The molecule has 0 atom stereocenters. The normalized spacial score (nSPS) is 15.0. The van der Waals surface area contributed by atoms with Crippen LogP contribution in [0.15, 0.2) is 6.20 Å². The quantitative estimate of drug-likeness (QED) is 0.886. The van der Waals surface area contributed by atoms with Gasteiger partial charge in [0, 0.05) is 33.6 Å². The Labute approximate surface area is 131 Å². The van der Waals surface area contributed by atoms with E-state index >= 15 is 0 Å². The lowest BCUT2D eigenvalue weighted by molar-refractivity contribution is -0.116. The molecule has 0 aromatic carbocycles. The smallest absolute Gasteiger partial charge is 0.227 e. The van der Waals surface area contributed by atoms with E-state index in [-0.39, 0.29) is 5.91 Å². The molecule has 1 saturated heterocycles. The molecule has 7 heteroatoms. The fourth-order valence-corrected chi connectivity index (χ4v) is 2.28. The number of anilines is 3. The summed E-state index contributed by atoms with van der Waals surface area (Å²) in [6.07, 6.45) is 2.17. The molecule has 22 heavy (non-hydrogen) atoms. The summed E-state index contributed by atoms with van der Waals surface area (Å²) >= 11 is 0. The van der Waals surface area contributed by atoms with Crippen LogP contribution in [0.25, 0.3) is 0 Å². The number of morpholine rings is 1. The highest BCUT2D eigenvalue weighted by Crippen LogP contribution is 2.24. The zero-order chi connectivity index (χ0) is 16.1. The van der Waals surface area contributed by atoms with Crippen LogP contribution < -0.4 is 15.1 Å². The van der Waals surface area contributed by atoms with Crippen LogP contribution in [0.1, 0.15) is 20.3 Å². The molecule has 2 rings (SSSR count). The number of carbonyl (C=O) groups excluding carboxylic acids is 1. The Balaban J connectivity index is 2.18. The Kier molecular flexibility index (Phi) is 5.54. The first kappa shape index (κ1) is 16.5. The monoisotopic (exact) mass is 307 g/mol. The van der Waals surface area contributed by atoms with Gasteiger partial charge >= 0.3 is 0 Å². The highest BCUT2D eigenvalue weighted by molar-refractivity contribution is 5.93. The average Bonchev–Trinajstić information content (AvgIpc) is 2.47. The Morgan fingerprint density at radius 2 is 2.09 bits per heavy atom. The predicted octanol–water partition coefficient (Wildman–Crippen LogP) is 1.36. The third-order valence-electron chi connectivity index (χ3n) is 3.34. The van der Waals surface area contributed by atoms with Crippen LogP contribution in [-0.4, -0.2) is 56.3 Å². The van der Waals surface area contributed by atoms with Crippen molar-refractivity contribution in [3.63, 3.8) is 0 Å². The second-order valence-corrected chi connectivity index (χ2v) is 6.05. The molecule has 1 aromatic heterocycles. The van der Waals surface area contributed by atoms with E-state index in [9.17, 15) is 4.79 Å². The standard InChI is InChI=1S/C15H25N5O2/c1-11(2)9-13(21)17-12-10-16-15(18-14(12)19(3)4)20-5-7-22-8-6-20/h10-11H,5-9H2,1-4H3,(H,17,21). The molecular weight excluding hydrogens is 282 g/mol. The van der Waals surface area contributed by atoms with Crippen molar-refractivity contribution >= 4 is 23.4 Å². The number of carbonyl (C=O) groups is 1. The van der Waals surface area contributed by atoms with Gasteiger partial charge in [0.1, 0.15) is 5.69 Å². The molecule has 1 aliphatic heterocycles. The average molecular weight is 307 g/mol. The van der Waals surface area contributed by atoms with Crippen LogP contribution in [0.3, 0.4) is 0 Å². The fourth-order valence-electron chi connectivity index (χ4n) is 2.28. The summed E-state index contributed by atoms with van der Waals surface area (Å²) in [6.45, 7) is 6.98. The molecule has 0 bridgehead atoms. The zero-order valence-electron chi connectivity index (χ0n) is 13.8. The van der Waals surface area contributed by atoms with Gasteiger partial charge in [-0.05, 0) is 5.92 Å². The number of amides is 1. The van der Waals surface area contributed by atoms with E-state index < -0.39 is 0 Å². The summed E-state index contributed by atoms with van der Waals surface area (Å²) in [5.41, 5.74) is 0.646. The first-order valence-electron chi connectivity index (χ1n) is 7.64. The highest BCUT2D eigenvalue weighted by Gasteiger charge is 2.18. The first-order valence-corrected chi connectivity index (χ1v) is 7.64. The van der Waals surface area contributed by atoms with Gasteiger partial charge in [-0.25, -0.2) is 4.98 Å². The van der Waals surface area contributed by atoms with Gasteiger partial charge in [0.25, 0.3) is 0 Å². The van der Waals surface area contributed by atoms with Crippen molar-refractivity contribution in [2.24, 2.45) is 5.92 Å². The van der Waals surface area contributed by atoms with Crippen molar-refractivity contribution in [2.45, 2.75) is 20.3 Å². The molecule has 0 radical (unpaired) electrons. The summed E-state index contributed by atoms with van der Waals surface area (Å²) in [5, 5.41) is 2.90. The number of hydrogen-bond acceptors (Lipinski definition) is 6. The Morgan fingerprint density at radius 3 is 2.68 bits per heavy atom. The minimum Gasteiger partial charge on any atom is -0.378 e. The lowest BCUT2D eigenvalue weighted by atomic mass is 10.1. The van der Waals surface area contributed by atoms with Crippen molar-refractivity contribution in [2.75, 3.05) is 55.5 Å². The van der Waals surface area contributed by atoms with E-state index in [1.165, 1.54) is 0 Å². The topological polar surface area (TPSA) is 70.6 Å². The van der Waals surface area contributed by atoms with Crippen molar-refractivity contribution in [3.8, 4) is 0 Å². The van der Waals surface area contributed by atoms with Gasteiger partial charge in [0.2, 0.25) is 11.9 Å². The number of nitrogens with one attached hydrogen (secondary N) is 1. The molecular formula is C15H25N5O2. The van der Waals surface area contributed by atoms with Crippen LogP contribution in [-0.2, 0) is 9.53 Å². The Morgan fingerprint density at radius 1 is 1.41 bits per heavy atom. The molecule has 0 aliphatic carbocycles. The van der Waals surface area contributed by atoms with E-state index in [1.807, 2.05) is 32.8 Å². The van der Waals surface area contributed by atoms with E-state index in [0.717, 1.165) is 13.1 Å². The number of hydrogen-bond donors (Lipinski definition) is 1. The van der Waals surface area contributed by atoms with Gasteiger partial charge in [-0.15, -0.1) is 0 Å². The van der Waals surface area contributed by atoms with Crippen LogP contribution in [0, 0.1) is 5.92 Å². The van der Waals surface area contributed by atoms with Crippen molar-refractivity contribution in [1.82, 2.24) is 9.97 Å². The van der Waals surface area contributed by atoms with Gasteiger partial charge in [-0.1, -0.05) is 13.8 Å². The third-order valence-corrected chi connectivity index (χ3v) is 3.34. The van der Waals surface area contributed by atoms with E-state index in [2.05, 4.69) is 20.2 Å². The minimum atomic E-state index is -0.0131. The van der Waals surface area contributed by atoms with Gasteiger partial charge < -0.3 is 19.9 Å². The minimum absolute atomic E-state index is 0.0131.